The average molecular weight is 398 g/mol. The van der Waals surface area contributed by atoms with Gasteiger partial charge in [0.05, 0.1) is 0 Å². The van der Waals surface area contributed by atoms with Crippen molar-refractivity contribution in [2.45, 2.75) is 32.4 Å². The second kappa shape index (κ2) is 9.06. The SMILES string of the molecule is Cc1ccc(C(N)C(=O)NC(C)Cc2ccccc2Br)cc1.Cl. The number of amides is 1. The summed E-state index contributed by atoms with van der Waals surface area (Å²) in [5.41, 5.74) is 9.19. The highest BCUT2D eigenvalue weighted by Gasteiger charge is 2.18. The minimum atomic E-state index is -0.637. The zero-order chi connectivity index (χ0) is 16.1. The number of carbonyl (C=O) groups excluding carboxylic acids is 1. The molecule has 0 fully saturated rings. The van der Waals surface area contributed by atoms with Gasteiger partial charge in [-0.15, -0.1) is 12.4 Å². The molecule has 124 valence electrons. The molecule has 0 aromatic heterocycles. The van der Waals surface area contributed by atoms with Crippen molar-refractivity contribution in [3.63, 3.8) is 0 Å². The summed E-state index contributed by atoms with van der Waals surface area (Å²) in [5.74, 6) is -0.150. The molecule has 5 heteroatoms. The summed E-state index contributed by atoms with van der Waals surface area (Å²) in [6.45, 7) is 3.99. The van der Waals surface area contributed by atoms with Gasteiger partial charge in [-0.25, -0.2) is 0 Å². The van der Waals surface area contributed by atoms with E-state index in [0.717, 1.165) is 22.0 Å². The van der Waals surface area contributed by atoms with E-state index >= 15 is 0 Å². The molecule has 2 aromatic rings. The topological polar surface area (TPSA) is 55.1 Å². The van der Waals surface area contributed by atoms with Crippen LogP contribution >= 0.6 is 28.3 Å². The molecule has 0 saturated heterocycles. The van der Waals surface area contributed by atoms with Crippen LogP contribution in [0.1, 0.15) is 29.7 Å². The highest BCUT2D eigenvalue weighted by Crippen LogP contribution is 2.18. The van der Waals surface area contributed by atoms with Gasteiger partial charge in [-0.2, -0.15) is 0 Å². The van der Waals surface area contributed by atoms with Crippen LogP contribution in [-0.2, 0) is 11.2 Å². The minimum absolute atomic E-state index is 0. The predicted octanol–water partition coefficient (Wildman–Crippen LogP) is 3.93. The summed E-state index contributed by atoms with van der Waals surface area (Å²) in [5, 5.41) is 2.98. The van der Waals surface area contributed by atoms with Crippen LogP contribution in [0, 0.1) is 6.92 Å². The zero-order valence-electron chi connectivity index (χ0n) is 13.3. The number of halogens is 2. The Kier molecular flexibility index (Phi) is 7.76. The largest absolute Gasteiger partial charge is 0.352 e. The van der Waals surface area contributed by atoms with Crippen LogP contribution < -0.4 is 11.1 Å². The normalized spacial score (nSPS) is 12.9. The lowest BCUT2D eigenvalue weighted by atomic mass is 10.0. The number of hydrogen-bond acceptors (Lipinski definition) is 2. The molecule has 1 amide bonds. The molecule has 2 atom stereocenters. The summed E-state index contributed by atoms with van der Waals surface area (Å²) in [6.07, 6.45) is 0.758. The van der Waals surface area contributed by atoms with Crippen LogP contribution in [0.3, 0.4) is 0 Å². The van der Waals surface area contributed by atoms with E-state index in [0.29, 0.717) is 0 Å². The maximum atomic E-state index is 12.3. The van der Waals surface area contributed by atoms with Gasteiger partial charge >= 0.3 is 0 Å². The summed E-state index contributed by atoms with van der Waals surface area (Å²) in [6, 6.07) is 15.1. The van der Waals surface area contributed by atoms with E-state index in [1.54, 1.807) is 0 Å². The Morgan fingerprint density at radius 2 is 1.78 bits per heavy atom. The van der Waals surface area contributed by atoms with Crippen molar-refractivity contribution in [1.29, 1.82) is 0 Å². The van der Waals surface area contributed by atoms with E-state index in [9.17, 15) is 4.79 Å². The fraction of sp³-hybridized carbons (Fsp3) is 0.278. The van der Waals surface area contributed by atoms with Crippen molar-refractivity contribution < 1.29 is 4.79 Å². The van der Waals surface area contributed by atoms with Crippen molar-refractivity contribution in [3.8, 4) is 0 Å². The number of nitrogens with one attached hydrogen (secondary N) is 1. The van der Waals surface area contributed by atoms with E-state index in [2.05, 4.69) is 21.2 Å². The molecule has 0 spiro atoms. The Bertz CT molecular complexity index is 646. The average Bonchev–Trinajstić information content (AvgIpc) is 2.49. The van der Waals surface area contributed by atoms with E-state index < -0.39 is 6.04 Å². The Hall–Kier alpha value is -1.36. The number of hydrogen-bond donors (Lipinski definition) is 2. The first kappa shape index (κ1) is 19.7. The van der Waals surface area contributed by atoms with Gasteiger partial charge in [0.1, 0.15) is 6.04 Å². The summed E-state index contributed by atoms with van der Waals surface area (Å²) in [7, 11) is 0. The van der Waals surface area contributed by atoms with Gasteiger partial charge in [0.2, 0.25) is 5.91 Å². The van der Waals surface area contributed by atoms with Gasteiger partial charge in [0, 0.05) is 10.5 Å². The predicted molar refractivity (Wildman–Crippen MR) is 101 cm³/mol. The fourth-order valence-corrected chi connectivity index (χ4v) is 2.75. The number of rotatable bonds is 5. The standard InChI is InChI=1S/C18H21BrN2O.ClH/c1-12-7-9-14(10-8-12)17(20)18(22)21-13(2)11-15-5-3-4-6-16(15)19;/h3-10,13,17H,11,20H2,1-2H3,(H,21,22);1H. The third-order valence-corrected chi connectivity index (χ3v) is 4.37. The van der Waals surface area contributed by atoms with Crippen LogP contribution in [0.25, 0.3) is 0 Å². The maximum Gasteiger partial charge on any atom is 0.241 e. The maximum absolute atomic E-state index is 12.3. The van der Waals surface area contributed by atoms with Gasteiger partial charge in [-0.3, -0.25) is 4.79 Å². The van der Waals surface area contributed by atoms with Gasteiger partial charge < -0.3 is 11.1 Å². The van der Waals surface area contributed by atoms with Crippen LogP contribution in [0.2, 0.25) is 0 Å². The lowest BCUT2D eigenvalue weighted by Gasteiger charge is -2.18. The minimum Gasteiger partial charge on any atom is -0.352 e. The zero-order valence-corrected chi connectivity index (χ0v) is 15.7. The smallest absolute Gasteiger partial charge is 0.241 e. The number of carbonyl (C=O) groups is 1. The van der Waals surface area contributed by atoms with E-state index in [4.69, 9.17) is 5.73 Å². The Labute approximate surface area is 152 Å². The van der Waals surface area contributed by atoms with Crippen LogP contribution in [0.5, 0.6) is 0 Å². The molecule has 0 aliphatic rings. The van der Waals surface area contributed by atoms with Gasteiger partial charge in [0.25, 0.3) is 0 Å². The molecule has 0 aliphatic heterocycles. The highest BCUT2D eigenvalue weighted by molar-refractivity contribution is 9.10. The lowest BCUT2D eigenvalue weighted by molar-refractivity contribution is -0.123. The Morgan fingerprint density at radius 1 is 1.17 bits per heavy atom. The van der Waals surface area contributed by atoms with Gasteiger partial charge in [-0.05, 0) is 37.5 Å². The molecule has 0 bridgehead atoms. The fourth-order valence-electron chi connectivity index (χ4n) is 2.30. The lowest BCUT2D eigenvalue weighted by Crippen LogP contribution is -2.40. The molecular formula is C18H22BrClN2O. The molecule has 0 saturated carbocycles. The molecule has 0 aliphatic carbocycles. The van der Waals surface area contributed by atoms with Crippen molar-refractivity contribution in [2.24, 2.45) is 5.73 Å². The molecule has 23 heavy (non-hydrogen) atoms. The summed E-state index contributed by atoms with van der Waals surface area (Å²) in [4.78, 5) is 12.3. The number of aryl methyl sites for hydroxylation is 1. The number of nitrogens with two attached hydrogens (primary N) is 1. The molecule has 2 rings (SSSR count). The first-order valence-electron chi connectivity index (χ1n) is 7.33. The Balaban J connectivity index is 0.00000264. The highest BCUT2D eigenvalue weighted by atomic mass is 79.9. The third kappa shape index (κ3) is 5.65. The molecule has 2 aromatic carbocycles. The van der Waals surface area contributed by atoms with Gasteiger partial charge in [-0.1, -0.05) is 64.0 Å². The molecule has 0 heterocycles. The van der Waals surface area contributed by atoms with Crippen molar-refractivity contribution >= 4 is 34.2 Å². The molecule has 2 unspecified atom stereocenters. The summed E-state index contributed by atoms with van der Waals surface area (Å²) < 4.78 is 1.05. The third-order valence-electron chi connectivity index (χ3n) is 3.59. The summed E-state index contributed by atoms with van der Waals surface area (Å²) >= 11 is 3.53. The Morgan fingerprint density at radius 3 is 2.39 bits per heavy atom. The molecule has 0 radical (unpaired) electrons. The quantitative estimate of drug-likeness (QED) is 0.803. The van der Waals surface area contributed by atoms with Crippen molar-refractivity contribution in [3.05, 3.63) is 69.7 Å². The van der Waals surface area contributed by atoms with Crippen LogP contribution in [-0.4, -0.2) is 11.9 Å². The second-order valence-electron chi connectivity index (χ2n) is 5.59. The van der Waals surface area contributed by atoms with Crippen molar-refractivity contribution in [2.75, 3.05) is 0 Å². The van der Waals surface area contributed by atoms with E-state index in [1.807, 2.05) is 62.4 Å². The van der Waals surface area contributed by atoms with E-state index in [-0.39, 0.29) is 24.4 Å². The van der Waals surface area contributed by atoms with Crippen LogP contribution in [0.15, 0.2) is 53.0 Å². The first-order chi connectivity index (χ1) is 10.5. The first-order valence-corrected chi connectivity index (χ1v) is 8.12. The molecule has 3 N–H and O–H groups in total. The monoisotopic (exact) mass is 396 g/mol. The molecular weight excluding hydrogens is 376 g/mol. The van der Waals surface area contributed by atoms with Crippen molar-refractivity contribution in [1.82, 2.24) is 5.32 Å². The van der Waals surface area contributed by atoms with Crippen LogP contribution in [0.4, 0.5) is 0 Å². The number of benzene rings is 2. The second-order valence-corrected chi connectivity index (χ2v) is 6.45. The molecule has 3 nitrogen and oxygen atoms in total. The van der Waals surface area contributed by atoms with E-state index in [1.165, 1.54) is 5.56 Å². The van der Waals surface area contributed by atoms with Gasteiger partial charge in [0.15, 0.2) is 0 Å².